The van der Waals surface area contributed by atoms with Gasteiger partial charge in [-0.05, 0) is 25.0 Å². The molecule has 3 aromatic rings. The first-order valence-corrected chi connectivity index (χ1v) is 10.8. The minimum Gasteiger partial charge on any atom is -0.459 e. The molecule has 3 aromatic heterocycles. The van der Waals surface area contributed by atoms with E-state index in [2.05, 4.69) is 26.0 Å². The number of hydrogen-bond acceptors (Lipinski definition) is 7. The molecule has 3 heterocycles. The lowest BCUT2D eigenvalue weighted by Crippen LogP contribution is -2.35. The summed E-state index contributed by atoms with van der Waals surface area (Å²) < 4.78 is 6.52. The van der Waals surface area contributed by atoms with Crippen molar-refractivity contribution in [1.82, 2.24) is 20.1 Å². The van der Waals surface area contributed by atoms with Crippen molar-refractivity contribution in [2.75, 3.05) is 10.6 Å². The van der Waals surface area contributed by atoms with Crippen LogP contribution in [0.5, 0.6) is 0 Å². The zero-order chi connectivity index (χ0) is 21.6. The van der Waals surface area contributed by atoms with Crippen LogP contribution in [0.3, 0.4) is 0 Å². The molecule has 0 radical (unpaired) electrons. The van der Waals surface area contributed by atoms with Crippen LogP contribution in [-0.2, 0) is 22.6 Å². The van der Waals surface area contributed by atoms with E-state index in [9.17, 15) is 14.4 Å². The van der Waals surface area contributed by atoms with E-state index in [1.54, 1.807) is 23.7 Å². The Morgan fingerprint density at radius 1 is 1.19 bits per heavy atom. The first kappa shape index (κ1) is 20.8. The van der Waals surface area contributed by atoms with Crippen LogP contribution in [0.15, 0.2) is 40.6 Å². The van der Waals surface area contributed by atoms with Crippen molar-refractivity contribution in [2.45, 2.75) is 44.7 Å². The Kier molecular flexibility index (Phi) is 6.41. The summed E-state index contributed by atoms with van der Waals surface area (Å²) >= 11 is 1.22. The molecule has 0 atom stereocenters. The number of nitrogens with zero attached hydrogens (tertiary/aromatic N) is 3. The highest BCUT2D eigenvalue weighted by molar-refractivity contribution is 7.14. The molecule has 0 aromatic carbocycles. The molecule has 4 rings (SSSR count). The maximum Gasteiger partial charge on any atom is 0.293 e. The Balaban J connectivity index is 1.24. The van der Waals surface area contributed by atoms with Crippen molar-refractivity contribution >= 4 is 39.9 Å². The van der Waals surface area contributed by atoms with Crippen LogP contribution in [0.1, 0.15) is 41.9 Å². The van der Waals surface area contributed by atoms with Crippen molar-refractivity contribution in [3.8, 4) is 0 Å². The standard InChI is InChI=1S/C20H22N6O4S/c27-17(8-14-12-31-20(24-14)25-19(29)16-6-3-7-30-16)23-15-9-21-26(10-15)11-18(28)22-13-4-1-2-5-13/h3,6-7,9-10,12-13H,1-2,4-5,8,11H2,(H,22,28)(H,23,27)(H,24,25,29). The molecule has 0 aliphatic heterocycles. The molecule has 162 valence electrons. The molecule has 0 saturated heterocycles. The minimum atomic E-state index is -0.403. The number of thiazole rings is 1. The minimum absolute atomic E-state index is 0.0421. The zero-order valence-electron chi connectivity index (χ0n) is 16.7. The highest BCUT2D eigenvalue weighted by atomic mass is 32.1. The predicted molar refractivity (Wildman–Crippen MR) is 114 cm³/mol. The number of anilines is 2. The topological polar surface area (TPSA) is 131 Å². The van der Waals surface area contributed by atoms with Crippen LogP contribution >= 0.6 is 11.3 Å². The lowest BCUT2D eigenvalue weighted by Gasteiger charge is -2.11. The second-order valence-corrected chi connectivity index (χ2v) is 8.13. The monoisotopic (exact) mass is 442 g/mol. The molecular formula is C20H22N6O4S. The average molecular weight is 443 g/mol. The van der Waals surface area contributed by atoms with E-state index in [4.69, 9.17) is 4.42 Å². The Hall–Kier alpha value is -3.47. The van der Waals surface area contributed by atoms with Gasteiger partial charge in [0.1, 0.15) is 6.54 Å². The largest absolute Gasteiger partial charge is 0.459 e. The number of aromatic nitrogens is 3. The average Bonchev–Trinajstić information content (AvgIpc) is 3.50. The van der Waals surface area contributed by atoms with Gasteiger partial charge in [0.05, 0.1) is 30.3 Å². The van der Waals surface area contributed by atoms with E-state index in [-0.39, 0.29) is 36.6 Å². The Labute approximate surface area is 182 Å². The molecule has 11 heteroatoms. The summed E-state index contributed by atoms with van der Waals surface area (Å²) in [7, 11) is 0. The third-order valence-electron chi connectivity index (χ3n) is 4.80. The molecule has 1 fully saturated rings. The maximum absolute atomic E-state index is 12.3. The number of furan rings is 1. The highest BCUT2D eigenvalue weighted by Gasteiger charge is 2.18. The molecule has 1 saturated carbocycles. The smallest absolute Gasteiger partial charge is 0.293 e. The quantitative estimate of drug-likeness (QED) is 0.491. The summed E-state index contributed by atoms with van der Waals surface area (Å²) in [4.78, 5) is 40.6. The molecule has 0 unspecified atom stereocenters. The van der Waals surface area contributed by atoms with Crippen LogP contribution in [0.4, 0.5) is 10.8 Å². The van der Waals surface area contributed by atoms with Crippen molar-refractivity contribution in [2.24, 2.45) is 0 Å². The number of hydrogen-bond donors (Lipinski definition) is 3. The fourth-order valence-electron chi connectivity index (χ4n) is 3.39. The SMILES string of the molecule is O=C(Cc1csc(NC(=O)c2ccco2)n1)Nc1cnn(CC(=O)NC2CCCC2)c1. The molecule has 0 bridgehead atoms. The third kappa shape index (κ3) is 5.79. The number of amides is 3. The van der Waals surface area contributed by atoms with Crippen LogP contribution < -0.4 is 16.0 Å². The zero-order valence-corrected chi connectivity index (χ0v) is 17.5. The first-order chi connectivity index (χ1) is 15.0. The van der Waals surface area contributed by atoms with Gasteiger partial charge in [-0.1, -0.05) is 12.8 Å². The van der Waals surface area contributed by atoms with Gasteiger partial charge in [-0.15, -0.1) is 11.3 Å². The van der Waals surface area contributed by atoms with Gasteiger partial charge in [0.2, 0.25) is 11.8 Å². The van der Waals surface area contributed by atoms with E-state index >= 15 is 0 Å². The maximum atomic E-state index is 12.3. The van der Waals surface area contributed by atoms with Crippen molar-refractivity contribution in [3.05, 3.63) is 47.6 Å². The summed E-state index contributed by atoms with van der Waals surface area (Å²) in [5.41, 5.74) is 1.03. The summed E-state index contributed by atoms with van der Waals surface area (Å²) in [6.07, 6.45) is 8.92. The second-order valence-electron chi connectivity index (χ2n) is 7.28. The van der Waals surface area contributed by atoms with Crippen LogP contribution in [0.2, 0.25) is 0 Å². The lowest BCUT2D eigenvalue weighted by atomic mass is 10.2. The van der Waals surface area contributed by atoms with E-state index < -0.39 is 5.91 Å². The third-order valence-corrected chi connectivity index (χ3v) is 5.61. The van der Waals surface area contributed by atoms with Gasteiger partial charge in [-0.3, -0.25) is 24.4 Å². The summed E-state index contributed by atoms with van der Waals surface area (Å²) in [5, 5.41) is 14.6. The van der Waals surface area contributed by atoms with Crippen LogP contribution in [0.25, 0.3) is 0 Å². The number of carbonyl (C=O) groups excluding carboxylic acids is 3. The van der Waals surface area contributed by atoms with Crippen molar-refractivity contribution < 1.29 is 18.8 Å². The van der Waals surface area contributed by atoms with Crippen molar-refractivity contribution in [1.29, 1.82) is 0 Å². The van der Waals surface area contributed by atoms with Gasteiger partial charge in [0.25, 0.3) is 5.91 Å². The highest BCUT2D eigenvalue weighted by Crippen LogP contribution is 2.18. The molecule has 1 aliphatic rings. The fraction of sp³-hybridized carbons (Fsp3) is 0.350. The summed E-state index contributed by atoms with van der Waals surface area (Å²) in [6.45, 7) is 0.108. The number of nitrogens with one attached hydrogen (secondary N) is 3. The summed E-state index contributed by atoms with van der Waals surface area (Å²) in [5.74, 6) is -0.577. The molecule has 1 aliphatic carbocycles. The predicted octanol–water partition coefficient (Wildman–Crippen LogP) is 2.42. The molecular weight excluding hydrogens is 420 g/mol. The van der Waals surface area contributed by atoms with Gasteiger partial charge < -0.3 is 15.1 Å². The number of rotatable bonds is 8. The van der Waals surface area contributed by atoms with E-state index in [1.807, 2.05) is 0 Å². The fourth-order valence-corrected chi connectivity index (χ4v) is 4.09. The molecule has 3 N–H and O–H groups in total. The number of carbonyl (C=O) groups is 3. The van der Waals surface area contributed by atoms with Gasteiger partial charge in [0.15, 0.2) is 10.9 Å². The Morgan fingerprint density at radius 2 is 2.03 bits per heavy atom. The van der Waals surface area contributed by atoms with Crippen LogP contribution in [-0.4, -0.2) is 38.5 Å². The Bertz CT molecular complexity index is 1050. The van der Waals surface area contributed by atoms with E-state index in [1.165, 1.54) is 28.5 Å². The van der Waals surface area contributed by atoms with Gasteiger partial charge >= 0.3 is 0 Å². The molecule has 0 spiro atoms. The van der Waals surface area contributed by atoms with Crippen LogP contribution in [0, 0.1) is 0 Å². The van der Waals surface area contributed by atoms with Crippen molar-refractivity contribution in [3.63, 3.8) is 0 Å². The lowest BCUT2D eigenvalue weighted by molar-refractivity contribution is -0.122. The van der Waals surface area contributed by atoms with E-state index in [0.29, 0.717) is 16.5 Å². The molecule has 31 heavy (non-hydrogen) atoms. The normalized spacial score (nSPS) is 13.8. The van der Waals surface area contributed by atoms with Gasteiger partial charge in [0, 0.05) is 17.6 Å². The molecule has 10 nitrogen and oxygen atoms in total. The van der Waals surface area contributed by atoms with Gasteiger partial charge in [-0.25, -0.2) is 4.98 Å². The van der Waals surface area contributed by atoms with Gasteiger partial charge in [-0.2, -0.15) is 5.10 Å². The second kappa shape index (κ2) is 9.56. The molecule has 3 amide bonds. The van der Waals surface area contributed by atoms with E-state index in [0.717, 1.165) is 25.7 Å². The summed E-state index contributed by atoms with van der Waals surface area (Å²) in [6, 6.07) is 3.43. The Morgan fingerprint density at radius 3 is 2.81 bits per heavy atom. The first-order valence-electron chi connectivity index (χ1n) is 9.96.